The van der Waals surface area contributed by atoms with Gasteiger partial charge in [0.2, 0.25) is 5.13 Å². The molecule has 0 aliphatic rings. The van der Waals surface area contributed by atoms with E-state index in [0.717, 1.165) is 17.4 Å². The number of nitrogen functional groups attached to an aromatic ring is 1. The lowest BCUT2D eigenvalue weighted by molar-refractivity contribution is -0.162. The Morgan fingerprint density at radius 1 is 0.952 bits per heavy atom. The lowest BCUT2D eigenvalue weighted by Gasteiger charge is -2.16. The van der Waals surface area contributed by atoms with Gasteiger partial charge < -0.3 is 5.73 Å². The molecular weight excluding hydrogens is 320 g/mol. The van der Waals surface area contributed by atoms with Crippen LogP contribution in [-0.2, 0) is 18.8 Å². The molecule has 21 heavy (non-hydrogen) atoms. The Bertz CT molecular complexity index is 646. The number of hydrogen-bond donors (Lipinski definition) is 1. The van der Waals surface area contributed by atoms with Crippen molar-refractivity contribution in [1.29, 1.82) is 0 Å². The van der Waals surface area contributed by atoms with Crippen LogP contribution in [0.15, 0.2) is 18.2 Å². The molecule has 2 N–H and O–H groups in total. The number of nitrogens with two attached hydrogens (primary N) is 1. The minimum Gasteiger partial charge on any atom is -0.374 e. The van der Waals surface area contributed by atoms with Crippen molar-refractivity contribution in [2.75, 3.05) is 5.73 Å². The molecule has 2 aromatic rings. The molecule has 0 saturated carbocycles. The van der Waals surface area contributed by atoms with Crippen LogP contribution < -0.4 is 5.73 Å². The summed E-state index contributed by atoms with van der Waals surface area (Å²) >= 11 is 0.958. The second-order valence-electron chi connectivity index (χ2n) is 4.09. The number of alkyl halides is 6. The highest BCUT2D eigenvalue weighted by Gasteiger charge is 2.43. The molecule has 2 rings (SSSR count). The summed E-state index contributed by atoms with van der Waals surface area (Å²) in [6, 6.07) is 1.87. The van der Waals surface area contributed by atoms with E-state index in [1.54, 1.807) is 0 Å². The Balaban J connectivity index is 2.42. The first-order valence-electron chi connectivity index (χ1n) is 5.42. The van der Waals surface area contributed by atoms with E-state index in [1.807, 2.05) is 0 Å². The van der Waals surface area contributed by atoms with E-state index >= 15 is 0 Å². The third-order valence-electron chi connectivity index (χ3n) is 2.53. The van der Waals surface area contributed by atoms with E-state index in [9.17, 15) is 26.3 Å². The van der Waals surface area contributed by atoms with Gasteiger partial charge in [-0.25, -0.2) is 0 Å². The van der Waals surface area contributed by atoms with Gasteiger partial charge in [-0.05, 0) is 17.7 Å². The molecule has 0 aliphatic carbocycles. The first-order valence-corrected chi connectivity index (χ1v) is 6.24. The summed E-state index contributed by atoms with van der Waals surface area (Å²) in [5.74, 6) is 0. The van der Waals surface area contributed by atoms with Gasteiger partial charge in [0, 0.05) is 6.42 Å². The summed E-state index contributed by atoms with van der Waals surface area (Å²) in [6.45, 7) is 0. The first kappa shape index (κ1) is 15.5. The van der Waals surface area contributed by atoms with Crippen LogP contribution >= 0.6 is 11.3 Å². The fraction of sp³-hybridized carbons (Fsp3) is 0.273. The number of halogens is 6. The number of hydrogen-bond acceptors (Lipinski definition) is 4. The Morgan fingerprint density at radius 3 is 2.05 bits per heavy atom. The molecule has 0 aliphatic heterocycles. The molecule has 0 atom stereocenters. The Labute approximate surface area is 118 Å². The molecule has 0 amide bonds. The molecular formula is C11H7F6N3S. The maximum Gasteiger partial charge on any atom is 0.417 e. The maximum atomic E-state index is 12.8. The van der Waals surface area contributed by atoms with Crippen LogP contribution in [0.2, 0.25) is 0 Å². The van der Waals surface area contributed by atoms with E-state index in [4.69, 9.17) is 5.73 Å². The van der Waals surface area contributed by atoms with Crippen molar-refractivity contribution < 1.29 is 26.3 Å². The minimum absolute atomic E-state index is 0.0477. The van der Waals surface area contributed by atoms with Crippen LogP contribution in [-0.4, -0.2) is 10.2 Å². The lowest BCUT2D eigenvalue weighted by Crippen LogP contribution is -2.16. The molecule has 0 radical (unpaired) electrons. The van der Waals surface area contributed by atoms with Crippen molar-refractivity contribution >= 4 is 16.5 Å². The lowest BCUT2D eigenvalue weighted by atomic mass is 10.0. The third-order valence-corrected chi connectivity index (χ3v) is 3.29. The largest absolute Gasteiger partial charge is 0.417 e. The summed E-state index contributed by atoms with van der Waals surface area (Å²) in [7, 11) is 0. The van der Waals surface area contributed by atoms with E-state index in [0.29, 0.717) is 17.1 Å². The quantitative estimate of drug-likeness (QED) is 0.855. The number of benzene rings is 1. The van der Waals surface area contributed by atoms with Crippen molar-refractivity contribution in [2.45, 2.75) is 18.8 Å². The fourth-order valence-electron chi connectivity index (χ4n) is 1.70. The summed E-state index contributed by atoms with van der Waals surface area (Å²) in [5.41, 5.74) is 1.95. The average molecular weight is 327 g/mol. The topological polar surface area (TPSA) is 51.8 Å². The van der Waals surface area contributed by atoms with Crippen LogP contribution in [0.1, 0.15) is 21.7 Å². The molecule has 0 spiro atoms. The summed E-state index contributed by atoms with van der Waals surface area (Å²) < 4.78 is 76.1. The zero-order chi connectivity index (χ0) is 15.8. The molecule has 0 bridgehead atoms. The highest BCUT2D eigenvalue weighted by atomic mass is 32.1. The Kier molecular flexibility index (Phi) is 3.83. The molecule has 114 valence electrons. The molecule has 1 heterocycles. The van der Waals surface area contributed by atoms with E-state index in [-0.39, 0.29) is 17.1 Å². The maximum absolute atomic E-state index is 12.8. The number of nitrogens with zero attached hydrogens (tertiary/aromatic N) is 2. The third kappa shape index (κ3) is 3.63. The van der Waals surface area contributed by atoms with Gasteiger partial charge in [-0.15, -0.1) is 10.2 Å². The van der Waals surface area contributed by atoms with Crippen LogP contribution in [0.5, 0.6) is 0 Å². The van der Waals surface area contributed by atoms with Gasteiger partial charge in [0.25, 0.3) is 0 Å². The summed E-state index contributed by atoms with van der Waals surface area (Å²) in [4.78, 5) is 0. The Morgan fingerprint density at radius 2 is 1.57 bits per heavy atom. The predicted molar refractivity (Wildman–Crippen MR) is 63.6 cm³/mol. The van der Waals surface area contributed by atoms with Gasteiger partial charge in [0.05, 0.1) is 11.1 Å². The van der Waals surface area contributed by atoms with Crippen molar-refractivity contribution in [3.63, 3.8) is 0 Å². The van der Waals surface area contributed by atoms with E-state index in [2.05, 4.69) is 10.2 Å². The summed E-state index contributed by atoms with van der Waals surface area (Å²) in [5, 5.41) is 7.55. The van der Waals surface area contributed by atoms with Gasteiger partial charge >= 0.3 is 12.4 Å². The number of anilines is 1. The van der Waals surface area contributed by atoms with Crippen LogP contribution in [0.3, 0.4) is 0 Å². The normalized spacial score (nSPS) is 12.7. The minimum atomic E-state index is -5.10. The first-order chi connectivity index (χ1) is 9.57. The zero-order valence-corrected chi connectivity index (χ0v) is 10.9. The van der Waals surface area contributed by atoms with Crippen LogP contribution in [0.4, 0.5) is 31.5 Å². The van der Waals surface area contributed by atoms with Gasteiger partial charge in [-0.2, -0.15) is 26.3 Å². The average Bonchev–Trinajstić information content (AvgIpc) is 2.72. The van der Waals surface area contributed by atoms with Crippen LogP contribution in [0, 0.1) is 0 Å². The fourth-order valence-corrected chi connectivity index (χ4v) is 2.34. The molecule has 1 aromatic carbocycles. The van der Waals surface area contributed by atoms with E-state index in [1.165, 1.54) is 0 Å². The van der Waals surface area contributed by atoms with E-state index < -0.39 is 23.5 Å². The molecule has 0 saturated heterocycles. The van der Waals surface area contributed by atoms with Gasteiger partial charge in [0.1, 0.15) is 5.01 Å². The number of rotatable bonds is 2. The van der Waals surface area contributed by atoms with Gasteiger partial charge in [0.15, 0.2) is 0 Å². The SMILES string of the molecule is Nc1nnc(Cc2ccc(C(F)(F)F)c(C(F)(F)F)c2)s1. The molecule has 0 fully saturated rings. The summed E-state index contributed by atoms with van der Waals surface area (Å²) in [6.07, 6.45) is -10.2. The highest BCUT2D eigenvalue weighted by molar-refractivity contribution is 7.15. The second-order valence-corrected chi connectivity index (χ2v) is 5.18. The van der Waals surface area contributed by atoms with Crippen LogP contribution in [0.25, 0.3) is 0 Å². The molecule has 0 unspecified atom stereocenters. The zero-order valence-electron chi connectivity index (χ0n) is 10.1. The monoisotopic (exact) mass is 327 g/mol. The van der Waals surface area contributed by atoms with Crippen molar-refractivity contribution in [2.24, 2.45) is 0 Å². The van der Waals surface area contributed by atoms with Crippen molar-refractivity contribution in [1.82, 2.24) is 10.2 Å². The van der Waals surface area contributed by atoms with Gasteiger partial charge in [-0.3, -0.25) is 0 Å². The van der Waals surface area contributed by atoms with Crippen molar-refractivity contribution in [3.8, 4) is 0 Å². The molecule has 1 aromatic heterocycles. The molecule has 3 nitrogen and oxygen atoms in total. The predicted octanol–water partition coefficient (Wildman–Crippen LogP) is 3.75. The second kappa shape index (κ2) is 5.17. The Hall–Kier alpha value is -1.84. The molecule has 10 heteroatoms. The smallest absolute Gasteiger partial charge is 0.374 e. The standard InChI is InChI=1S/C11H7F6N3S/c12-10(13,14)6-2-1-5(3-7(6)11(15,16)17)4-8-19-20-9(18)21-8/h1-3H,4H2,(H2,18,20). The van der Waals surface area contributed by atoms with Crippen molar-refractivity contribution in [3.05, 3.63) is 39.9 Å². The van der Waals surface area contributed by atoms with Gasteiger partial charge in [-0.1, -0.05) is 17.4 Å². The number of aromatic nitrogens is 2. The highest BCUT2D eigenvalue weighted by Crippen LogP contribution is 2.40.